The largest absolute Gasteiger partial charge is 0.309 e. The normalized spacial score (nSPS) is 11.1. The highest BCUT2D eigenvalue weighted by molar-refractivity contribution is 6.11. The van der Waals surface area contributed by atoms with Gasteiger partial charge in [0.15, 0.2) is 0 Å². The molecular weight excluding hydrogens is 611 g/mol. The average molecular weight is 636 g/mol. The van der Waals surface area contributed by atoms with Crippen LogP contribution in [0.5, 0.6) is 0 Å². The molecule has 50 heavy (non-hydrogen) atoms. The Morgan fingerprint density at radius 2 is 0.900 bits per heavy atom. The number of rotatable bonds is 4. The Hall–Kier alpha value is -7.39. The van der Waals surface area contributed by atoms with Gasteiger partial charge in [-0.1, -0.05) is 91.0 Å². The highest BCUT2D eigenvalue weighted by Crippen LogP contribution is 2.42. The van der Waals surface area contributed by atoms with Crippen LogP contribution in [0.2, 0.25) is 0 Å². The summed E-state index contributed by atoms with van der Waals surface area (Å²) in [6.07, 6.45) is 0. The molecule has 0 N–H and O–H groups in total. The SMILES string of the molecule is N#Cc1ccc2c(c1)c1ccccc1n2-c1c(C#N)cccc1-c1ccccc1-c1cc(-n2c3ccccc3c3ccccc32)ccc1C#N. The minimum absolute atomic E-state index is 0.517. The highest BCUT2D eigenvalue weighted by atomic mass is 15.0. The first-order chi connectivity index (χ1) is 24.7. The van der Waals surface area contributed by atoms with Crippen LogP contribution in [0.15, 0.2) is 152 Å². The van der Waals surface area contributed by atoms with Crippen molar-refractivity contribution in [2.24, 2.45) is 0 Å². The zero-order chi connectivity index (χ0) is 33.8. The maximum absolute atomic E-state index is 10.5. The summed E-state index contributed by atoms with van der Waals surface area (Å²) in [4.78, 5) is 0. The molecule has 0 aliphatic heterocycles. The molecule has 2 aromatic heterocycles. The third-order valence-corrected chi connectivity index (χ3v) is 9.65. The predicted octanol–water partition coefficient (Wildman–Crippen LogP) is 10.8. The molecule has 2 heterocycles. The molecular formula is C45H25N5. The minimum atomic E-state index is 0.517. The molecule has 0 spiro atoms. The smallest absolute Gasteiger partial charge is 0.101 e. The van der Waals surface area contributed by atoms with Gasteiger partial charge in [0.2, 0.25) is 0 Å². The van der Waals surface area contributed by atoms with Gasteiger partial charge in [0.05, 0.1) is 56.6 Å². The monoisotopic (exact) mass is 635 g/mol. The number of fused-ring (bicyclic) bond motifs is 6. The van der Waals surface area contributed by atoms with E-state index in [2.05, 4.69) is 100 Å². The lowest BCUT2D eigenvalue weighted by molar-refractivity contribution is 1.17. The van der Waals surface area contributed by atoms with Crippen LogP contribution in [-0.2, 0) is 0 Å². The highest BCUT2D eigenvalue weighted by Gasteiger charge is 2.22. The van der Waals surface area contributed by atoms with Crippen LogP contribution in [0.1, 0.15) is 16.7 Å². The van der Waals surface area contributed by atoms with E-state index < -0.39 is 0 Å². The van der Waals surface area contributed by atoms with Crippen LogP contribution < -0.4 is 0 Å². The van der Waals surface area contributed by atoms with Crippen LogP contribution in [0.4, 0.5) is 0 Å². The van der Waals surface area contributed by atoms with Gasteiger partial charge in [0.1, 0.15) is 6.07 Å². The molecule has 5 heteroatoms. The molecule has 0 fully saturated rings. The van der Waals surface area contributed by atoms with Crippen LogP contribution >= 0.6 is 0 Å². The summed E-state index contributed by atoms with van der Waals surface area (Å²) in [7, 11) is 0. The second-order valence-electron chi connectivity index (χ2n) is 12.3. The number of benzene rings is 7. The fourth-order valence-corrected chi connectivity index (χ4v) is 7.52. The Morgan fingerprint density at radius 3 is 1.54 bits per heavy atom. The molecule has 230 valence electrons. The molecule has 9 rings (SSSR count). The first-order valence-corrected chi connectivity index (χ1v) is 16.3. The minimum Gasteiger partial charge on any atom is -0.309 e. The van der Waals surface area contributed by atoms with Gasteiger partial charge >= 0.3 is 0 Å². The Morgan fingerprint density at radius 1 is 0.360 bits per heavy atom. The molecule has 9 aromatic rings. The third-order valence-electron chi connectivity index (χ3n) is 9.65. The molecule has 0 aliphatic rings. The van der Waals surface area contributed by atoms with E-state index in [4.69, 9.17) is 0 Å². The van der Waals surface area contributed by atoms with Crippen molar-refractivity contribution < 1.29 is 0 Å². The van der Waals surface area contributed by atoms with Crippen molar-refractivity contribution in [1.29, 1.82) is 15.8 Å². The molecule has 0 unspecified atom stereocenters. The Bertz CT molecular complexity index is 2920. The number of hydrogen-bond donors (Lipinski definition) is 0. The van der Waals surface area contributed by atoms with Crippen LogP contribution in [0.25, 0.3) is 77.2 Å². The molecule has 0 radical (unpaired) electrons. The van der Waals surface area contributed by atoms with Crippen molar-refractivity contribution in [3.63, 3.8) is 0 Å². The second kappa shape index (κ2) is 11.4. The molecule has 0 atom stereocenters. The lowest BCUT2D eigenvalue weighted by atomic mass is 9.90. The van der Waals surface area contributed by atoms with E-state index >= 15 is 0 Å². The van der Waals surface area contributed by atoms with E-state index in [1.807, 2.05) is 78.9 Å². The van der Waals surface area contributed by atoms with Crippen molar-refractivity contribution in [1.82, 2.24) is 9.13 Å². The van der Waals surface area contributed by atoms with Crippen LogP contribution in [0, 0.1) is 34.0 Å². The number of para-hydroxylation sites is 4. The summed E-state index contributed by atoms with van der Waals surface area (Å²) >= 11 is 0. The maximum Gasteiger partial charge on any atom is 0.101 e. The van der Waals surface area contributed by atoms with E-state index in [9.17, 15) is 15.8 Å². The van der Waals surface area contributed by atoms with E-state index in [1.54, 1.807) is 0 Å². The number of hydrogen-bond acceptors (Lipinski definition) is 3. The Balaban J connectivity index is 1.33. The zero-order valence-corrected chi connectivity index (χ0v) is 26.7. The summed E-state index contributed by atoms with van der Waals surface area (Å²) in [6.45, 7) is 0. The van der Waals surface area contributed by atoms with Gasteiger partial charge in [-0.2, -0.15) is 15.8 Å². The third kappa shape index (κ3) is 4.24. The topological polar surface area (TPSA) is 81.2 Å². The van der Waals surface area contributed by atoms with Crippen molar-refractivity contribution >= 4 is 43.6 Å². The van der Waals surface area contributed by atoms with Gasteiger partial charge in [-0.25, -0.2) is 0 Å². The molecule has 0 bridgehead atoms. The fourth-order valence-electron chi connectivity index (χ4n) is 7.52. The van der Waals surface area contributed by atoms with Crippen molar-refractivity contribution in [3.8, 4) is 51.8 Å². The Kier molecular flexibility index (Phi) is 6.56. The van der Waals surface area contributed by atoms with Crippen LogP contribution in [0.3, 0.4) is 0 Å². The first-order valence-electron chi connectivity index (χ1n) is 16.3. The van der Waals surface area contributed by atoms with E-state index in [1.165, 1.54) is 10.8 Å². The zero-order valence-electron chi connectivity index (χ0n) is 26.7. The van der Waals surface area contributed by atoms with Gasteiger partial charge in [-0.05, 0) is 71.8 Å². The lowest BCUT2D eigenvalue weighted by Gasteiger charge is -2.19. The second-order valence-corrected chi connectivity index (χ2v) is 12.3. The fraction of sp³-hybridized carbons (Fsp3) is 0. The summed E-state index contributed by atoms with van der Waals surface area (Å²) in [6, 6.07) is 57.7. The predicted molar refractivity (Wildman–Crippen MR) is 200 cm³/mol. The molecule has 0 saturated carbocycles. The van der Waals surface area contributed by atoms with Gasteiger partial charge in [-0.15, -0.1) is 0 Å². The van der Waals surface area contributed by atoms with Gasteiger partial charge in [-0.3, -0.25) is 0 Å². The Labute approximate surface area is 287 Å². The summed E-state index contributed by atoms with van der Waals surface area (Å²) < 4.78 is 4.39. The number of nitriles is 3. The van der Waals surface area contributed by atoms with Crippen molar-refractivity contribution in [3.05, 3.63) is 168 Å². The summed E-state index contributed by atoms with van der Waals surface area (Å²) in [5.41, 5.74) is 10.8. The van der Waals surface area contributed by atoms with Crippen molar-refractivity contribution in [2.45, 2.75) is 0 Å². The van der Waals surface area contributed by atoms with Crippen LogP contribution in [-0.4, -0.2) is 9.13 Å². The molecule has 0 amide bonds. The lowest BCUT2D eigenvalue weighted by Crippen LogP contribution is -2.02. The standard InChI is InChI=1S/C45H25N5/c46-26-29-20-23-44-40(24-29)37-15-5-8-19-43(37)50(44)45-31(28-48)10-9-16-38(45)33-11-1-2-12-34(33)39-25-32(22-21-30(39)27-47)49-41-17-6-3-13-35(41)36-14-4-7-18-42(36)49/h1-25H. The molecule has 0 saturated heterocycles. The van der Waals surface area contributed by atoms with E-state index in [0.717, 1.165) is 66.5 Å². The van der Waals surface area contributed by atoms with E-state index in [-0.39, 0.29) is 0 Å². The first kappa shape index (κ1) is 28.8. The molecule has 5 nitrogen and oxygen atoms in total. The maximum atomic E-state index is 10.5. The average Bonchev–Trinajstić information content (AvgIpc) is 3.69. The van der Waals surface area contributed by atoms with Gasteiger partial charge < -0.3 is 9.13 Å². The van der Waals surface area contributed by atoms with Crippen molar-refractivity contribution in [2.75, 3.05) is 0 Å². The van der Waals surface area contributed by atoms with Gasteiger partial charge in [0, 0.05) is 38.4 Å². The molecule has 7 aromatic carbocycles. The number of aromatic nitrogens is 2. The quantitative estimate of drug-likeness (QED) is 0.193. The summed E-state index contributed by atoms with van der Waals surface area (Å²) in [5, 5.41) is 35.0. The number of nitrogens with zero attached hydrogens (tertiary/aromatic N) is 5. The van der Waals surface area contributed by atoms with E-state index in [0.29, 0.717) is 16.7 Å². The summed E-state index contributed by atoms with van der Waals surface area (Å²) in [5.74, 6) is 0. The van der Waals surface area contributed by atoms with Gasteiger partial charge in [0.25, 0.3) is 0 Å². The molecule has 0 aliphatic carbocycles.